The Morgan fingerprint density at radius 1 is 1.16 bits per heavy atom. The van der Waals surface area contributed by atoms with Crippen LogP contribution in [-0.2, 0) is 16.1 Å². The van der Waals surface area contributed by atoms with Crippen molar-refractivity contribution < 1.29 is 9.53 Å². The van der Waals surface area contributed by atoms with Crippen molar-refractivity contribution >= 4 is 17.4 Å². The molecular formula is C21H30N6O4. The number of H-pyrrole nitrogens is 1. The van der Waals surface area contributed by atoms with Gasteiger partial charge in [-0.3, -0.25) is 24.0 Å². The number of likely N-dealkylation sites (N-methyl/N-ethyl adjacent to an activating group) is 1. The molecule has 0 spiro atoms. The molecule has 168 valence electrons. The number of benzene rings is 1. The Bertz CT molecular complexity index is 995. The van der Waals surface area contributed by atoms with Crippen LogP contribution in [-0.4, -0.2) is 85.3 Å². The van der Waals surface area contributed by atoms with Crippen LogP contribution in [0.3, 0.4) is 0 Å². The highest BCUT2D eigenvalue weighted by Gasteiger charge is 2.26. The summed E-state index contributed by atoms with van der Waals surface area (Å²) in [7, 11) is 3.56. The lowest BCUT2D eigenvalue weighted by molar-refractivity contribution is -0.120. The van der Waals surface area contributed by atoms with Crippen LogP contribution in [0.15, 0.2) is 39.9 Å². The van der Waals surface area contributed by atoms with E-state index >= 15 is 0 Å². The third kappa shape index (κ3) is 5.60. The minimum absolute atomic E-state index is 0.0216. The first-order valence-corrected chi connectivity index (χ1v) is 10.3. The van der Waals surface area contributed by atoms with Crippen LogP contribution in [0.2, 0.25) is 0 Å². The molecular weight excluding hydrogens is 400 g/mol. The molecule has 31 heavy (non-hydrogen) atoms. The van der Waals surface area contributed by atoms with Crippen LogP contribution < -0.4 is 21.9 Å². The number of amides is 1. The molecule has 2 heterocycles. The average Bonchev–Trinajstić information content (AvgIpc) is 2.75. The second-order valence-corrected chi connectivity index (χ2v) is 7.68. The van der Waals surface area contributed by atoms with E-state index in [0.29, 0.717) is 0 Å². The maximum Gasteiger partial charge on any atom is 0.330 e. The Morgan fingerprint density at radius 3 is 2.48 bits per heavy atom. The van der Waals surface area contributed by atoms with Crippen molar-refractivity contribution in [2.45, 2.75) is 6.54 Å². The predicted molar refractivity (Wildman–Crippen MR) is 119 cm³/mol. The maximum atomic E-state index is 13.2. The first kappa shape index (κ1) is 22.7. The van der Waals surface area contributed by atoms with Crippen molar-refractivity contribution in [3.63, 3.8) is 0 Å². The largest absolute Gasteiger partial charge is 0.383 e. The number of methoxy groups -OCH3 is 1. The number of nitrogens with two attached hydrogens (primary N) is 1. The summed E-state index contributed by atoms with van der Waals surface area (Å²) >= 11 is 0. The molecule has 1 aromatic carbocycles. The SMILES string of the molecule is COCCN(C(=O)CN1CCN(C)CC1)c1c(N)n(Cc2ccccc2)c(=O)[nH]c1=O. The van der Waals surface area contributed by atoms with Gasteiger partial charge in [0.1, 0.15) is 5.82 Å². The second kappa shape index (κ2) is 10.4. The quantitative estimate of drug-likeness (QED) is 0.574. The Balaban J connectivity index is 1.92. The van der Waals surface area contributed by atoms with E-state index in [9.17, 15) is 14.4 Å². The number of ether oxygens (including phenoxy) is 1. The van der Waals surface area contributed by atoms with Gasteiger partial charge in [0.2, 0.25) is 5.91 Å². The minimum atomic E-state index is -0.686. The first-order valence-electron chi connectivity index (χ1n) is 10.3. The number of piperazine rings is 1. The highest BCUT2D eigenvalue weighted by Crippen LogP contribution is 2.18. The van der Waals surface area contributed by atoms with E-state index < -0.39 is 11.2 Å². The number of aromatic amines is 1. The molecule has 1 aliphatic heterocycles. The molecule has 1 aliphatic rings. The highest BCUT2D eigenvalue weighted by molar-refractivity contribution is 5.96. The van der Waals surface area contributed by atoms with E-state index in [0.717, 1.165) is 31.7 Å². The first-order chi connectivity index (χ1) is 14.9. The summed E-state index contributed by atoms with van der Waals surface area (Å²) in [5.41, 5.74) is 5.81. The molecule has 1 saturated heterocycles. The molecule has 0 atom stereocenters. The topological polar surface area (TPSA) is 117 Å². The maximum absolute atomic E-state index is 13.2. The molecule has 0 saturated carbocycles. The monoisotopic (exact) mass is 430 g/mol. The van der Waals surface area contributed by atoms with Gasteiger partial charge in [-0.15, -0.1) is 0 Å². The van der Waals surface area contributed by atoms with Crippen LogP contribution in [0.5, 0.6) is 0 Å². The molecule has 0 radical (unpaired) electrons. The molecule has 2 aromatic rings. The molecule has 3 N–H and O–H groups in total. The van der Waals surface area contributed by atoms with Gasteiger partial charge in [0.05, 0.1) is 19.7 Å². The third-order valence-corrected chi connectivity index (χ3v) is 5.44. The van der Waals surface area contributed by atoms with Crippen LogP contribution in [0.4, 0.5) is 11.5 Å². The number of nitrogens with one attached hydrogen (secondary N) is 1. The fourth-order valence-electron chi connectivity index (χ4n) is 3.59. The zero-order chi connectivity index (χ0) is 22.4. The van der Waals surface area contributed by atoms with Crippen LogP contribution in [0.25, 0.3) is 0 Å². The van der Waals surface area contributed by atoms with Gasteiger partial charge in [0.15, 0.2) is 5.69 Å². The van der Waals surface area contributed by atoms with E-state index in [1.165, 1.54) is 16.6 Å². The fourth-order valence-corrected chi connectivity index (χ4v) is 3.59. The van der Waals surface area contributed by atoms with Gasteiger partial charge in [-0.2, -0.15) is 0 Å². The van der Waals surface area contributed by atoms with E-state index in [2.05, 4.69) is 9.88 Å². The highest BCUT2D eigenvalue weighted by atomic mass is 16.5. The summed E-state index contributed by atoms with van der Waals surface area (Å²) < 4.78 is 6.41. The van der Waals surface area contributed by atoms with Crippen molar-refractivity contribution in [3.8, 4) is 0 Å². The molecule has 1 fully saturated rings. The summed E-state index contributed by atoms with van der Waals surface area (Å²) in [6, 6.07) is 9.30. The Labute approximate surface area is 180 Å². The number of hydrogen-bond acceptors (Lipinski definition) is 7. The van der Waals surface area contributed by atoms with Crippen molar-refractivity contribution in [1.82, 2.24) is 19.4 Å². The molecule has 1 amide bonds. The van der Waals surface area contributed by atoms with Gasteiger partial charge in [0.25, 0.3) is 5.56 Å². The van der Waals surface area contributed by atoms with Crippen LogP contribution >= 0.6 is 0 Å². The summed E-state index contributed by atoms with van der Waals surface area (Å²) in [5, 5.41) is 0. The van der Waals surface area contributed by atoms with Gasteiger partial charge in [0, 0.05) is 39.8 Å². The molecule has 0 aliphatic carbocycles. The number of carbonyl (C=O) groups excluding carboxylic acids is 1. The molecule has 0 unspecified atom stereocenters. The number of anilines is 2. The number of nitrogens with zero attached hydrogens (tertiary/aromatic N) is 4. The molecule has 1 aromatic heterocycles. The van der Waals surface area contributed by atoms with Crippen molar-refractivity contribution in [3.05, 3.63) is 56.7 Å². The van der Waals surface area contributed by atoms with Gasteiger partial charge in [-0.05, 0) is 12.6 Å². The Morgan fingerprint density at radius 2 is 1.84 bits per heavy atom. The van der Waals surface area contributed by atoms with E-state index in [1.54, 1.807) is 0 Å². The standard InChI is InChI=1S/C21H30N6O4/c1-24-8-10-25(11-9-24)15-17(28)26(12-13-31-2)18-19(22)27(21(30)23-20(18)29)14-16-6-4-3-5-7-16/h3-7H,8-15,22H2,1-2H3,(H,23,29,30). The zero-order valence-electron chi connectivity index (χ0n) is 18.0. The number of rotatable bonds is 8. The number of carbonyl (C=O) groups is 1. The lowest BCUT2D eigenvalue weighted by Gasteiger charge is -2.33. The predicted octanol–water partition coefficient (Wildman–Crippen LogP) is -0.606. The second-order valence-electron chi connectivity index (χ2n) is 7.68. The number of nitrogen functional groups attached to an aromatic ring is 1. The normalized spacial score (nSPS) is 15.2. The molecule has 3 rings (SSSR count). The van der Waals surface area contributed by atoms with Crippen LogP contribution in [0, 0.1) is 0 Å². The van der Waals surface area contributed by atoms with Gasteiger partial charge in [-0.1, -0.05) is 30.3 Å². The van der Waals surface area contributed by atoms with Gasteiger partial charge >= 0.3 is 5.69 Å². The number of hydrogen-bond donors (Lipinski definition) is 2. The van der Waals surface area contributed by atoms with E-state index in [4.69, 9.17) is 10.5 Å². The molecule has 10 nitrogen and oxygen atoms in total. The lowest BCUT2D eigenvalue weighted by atomic mass is 10.2. The van der Waals surface area contributed by atoms with Gasteiger partial charge in [-0.25, -0.2) is 4.79 Å². The third-order valence-electron chi connectivity index (χ3n) is 5.44. The van der Waals surface area contributed by atoms with Crippen molar-refractivity contribution in [2.24, 2.45) is 0 Å². The Kier molecular flexibility index (Phi) is 7.61. The fraction of sp³-hybridized carbons (Fsp3) is 0.476. The Hall–Kier alpha value is -2.95. The summed E-state index contributed by atoms with van der Waals surface area (Å²) in [4.78, 5) is 46.2. The van der Waals surface area contributed by atoms with E-state index in [-0.39, 0.29) is 43.7 Å². The lowest BCUT2D eigenvalue weighted by Crippen LogP contribution is -2.50. The smallest absolute Gasteiger partial charge is 0.330 e. The van der Waals surface area contributed by atoms with Gasteiger partial charge < -0.3 is 20.3 Å². The van der Waals surface area contributed by atoms with Crippen molar-refractivity contribution in [1.29, 1.82) is 0 Å². The minimum Gasteiger partial charge on any atom is -0.383 e. The summed E-state index contributed by atoms with van der Waals surface area (Å²) in [5.74, 6) is -0.302. The number of aromatic nitrogens is 2. The van der Waals surface area contributed by atoms with Crippen molar-refractivity contribution in [2.75, 3.05) is 70.7 Å². The molecule has 10 heteroatoms. The summed E-state index contributed by atoms with van der Waals surface area (Å²) in [6.07, 6.45) is 0. The average molecular weight is 431 g/mol. The van der Waals surface area contributed by atoms with E-state index in [1.807, 2.05) is 42.3 Å². The summed E-state index contributed by atoms with van der Waals surface area (Å²) in [6.45, 7) is 3.99. The zero-order valence-corrected chi connectivity index (χ0v) is 18.0. The molecule has 0 bridgehead atoms. The van der Waals surface area contributed by atoms with Crippen LogP contribution in [0.1, 0.15) is 5.56 Å².